The van der Waals surface area contributed by atoms with Crippen LogP contribution in [0.3, 0.4) is 0 Å². The van der Waals surface area contributed by atoms with E-state index in [1.54, 1.807) is 13.0 Å². The van der Waals surface area contributed by atoms with Crippen molar-refractivity contribution in [3.05, 3.63) is 77.7 Å². The minimum absolute atomic E-state index is 0.221. The van der Waals surface area contributed by atoms with Crippen LogP contribution < -0.4 is 10.6 Å². The van der Waals surface area contributed by atoms with Crippen LogP contribution >= 0.6 is 0 Å². The molecule has 1 aliphatic carbocycles. The normalized spacial score (nSPS) is 13.4. The molecule has 180 valence electrons. The van der Waals surface area contributed by atoms with E-state index < -0.39 is 0 Å². The average Bonchev–Trinajstić information content (AvgIpc) is 3.56. The van der Waals surface area contributed by atoms with Gasteiger partial charge in [-0.2, -0.15) is 5.10 Å². The van der Waals surface area contributed by atoms with Crippen LogP contribution in [-0.4, -0.2) is 53.8 Å². The van der Waals surface area contributed by atoms with Gasteiger partial charge in [-0.3, -0.25) is 4.79 Å². The predicted octanol–water partition coefficient (Wildman–Crippen LogP) is 5.01. The minimum Gasteiger partial charge on any atom is -0.384 e. The zero-order valence-electron chi connectivity index (χ0n) is 20.3. The number of hydrogen-bond acceptors (Lipinski definition) is 4. The van der Waals surface area contributed by atoms with Gasteiger partial charge in [-0.05, 0) is 99.1 Å². The molecule has 5 rings (SSSR count). The largest absolute Gasteiger partial charge is 0.384 e. The Morgan fingerprint density at radius 3 is 2.60 bits per heavy atom. The smallest absolute Gasteiger partial charge is 0.251 e. The van der Waals surface area contributed by atoms with Crippen LogP contribution in [0.15, 0.2) is 60.8 Å². The molecule has 0 saturated heterocycles. The number of amides is 1. The van der Waals surface area contributed by atoms with Crippen LogP contribution in [0.4, 0.5) is 10.1 Å². The van der Waals surface area contributed by atoms with Crippen molar-refractivity contribution >= 4 is 22.5 Å². The van der Waals surface area contributed by atoms with Gasteiger partial charge in [0.2, 0.25) is 0 Å². The van der Waals surface area contributed by atoms with Crippen LogP contribution in [0.1, 0.15) is 28.8 Å². The lowest BCUT2D eigenvalue weighted by Crippen LogP contribution is -2.25. The molecule has 1 saturated carbocycles. The summed E-state index contributed by atoms with van der Waals surface area (Å²) in [6.45, 7) is 3.59. The molecule has 3 aromatic carbocycles. The molecule has 1 aromatic heterocycles. The molecule has 1 heterocycles. The summed E-state index contributed by atoms with van der Waals surface area (Å²) in [5.41, 5.74) is 5.44. The summed E-state index contributed by atoms with van der Waals surface area (Å²) < 4.78 is 16.6. The number of hydrogen-bond donors (Lipinski definition) is 2. The number of aromatic nitrogens is 2. The number of benzene rings is 3. The minimum atomic E-state index is -0.376. The molecule has 0 atom stereocenters. The number of nitrogens with zero attached hydrogens (tertiary/aromatic N) is 3. The molecule has 7 heteroatoms. The van der Waals surface area contributed by atoms with E-state index in [9.17, 15) is 9.18 Å². The topological polar surface area (TPSA) is 62.2 Å². The van der Waals surface area contributed by atoms with E-state index in [4.69, 9.17) is 0 Å². The zero-order chi connectivity index (χ0) is 24.5. The van der Waals surface area contributed by atoms with E-state index in [0.29, 0.717) is 16.7 Å². The highest BCUT2D eigenvalue weighted by Gasteiger charge is 2.24. The standard InChI is InChI=1S/C28H30FN5O/c1-18-25(15-20(16-26(18)29)28(35)32-23-5-6-23)19-4-11-27-21(14-19)17-31-34(27)24-9-7-22(8-10-24)30-12-13-33(2)3/h4,7-11,14-17,23,30H,5-6,12-13H2,1-3H3,(H,32,35). The third-order valence-corrected chi connectivity index (χ3v) is 6.40. The molecule has 0 aliphatic heterocycles. The first kappa shape index (κ1) is 23.1. The summed E-state index contributed by atoms with van der Waals surface area (Å²) in [7, 11) is 4.11. The first-order valence-corrected chi connectivity index (χ1v) is 12.0. The van der Waals surface area contributed by atoms with Crippen LogP contribution in [0.2, 0.25) is 0 Å². The van der Waals surface area contributed by atoms with Crippen molar-refractivity contribution < 1.29 is 9.18 Å². The lowest BCUT2D eigenvalue weighted by molar-refractivity contribution is 0.0950. The van der Waals surface area contributed by atoms with Gasteiger partial charge in [-0.1, -0.05) is 6.07 Å². The summed E-state index contributed by atoms with van der Waals surface area (Å²) >= 11 is 0. The Hall–Kier alpha value is -3.71. The molecule has 0 bridgehead atoms. The van der Waals surface area contributed by atoms with Crippen LogP contribution in [0.25, 0.3) is 27.7 Å². The van der Waals surface area contributed by atoms with E-state index in [-0.39, 0.29) is 17.8 Å². The quantitative estimate of drug-likeness (QED) is 0.379. The maximum absolute atomic E-state index is 14.7. The highest BCUT2D eigenvalue weighted by molar-refractivity contribution is 5.96. The van der Waals surface area contributed by atoms with Gasteiger partial charge in [0.15, 0.2) is 0 Å². The number of carbonyl (C=O) groups is 1. The number of halogens is 1. The first-order valence-electron chi connectivity index (χ1n) is 12.0. The molecule has 1 amide bonds. The summed E-state index contributed by atoms with van der Waals surface area (Å²) in [6.07, 6.45) is 3.80. The lowest BCUT2D eigenvalue weighted by atomic mass is 9.96. The average molecular weight is 472 g/mol. The predicted molar refractivity (Wildman–Crippen MR) is 139 cm³/mol. The van der Waals surface area contributed by atoms with E-state index in [0.717, 1.165) is 53.8 Å². The van der Waals surface area contributed by atoms with Gasteiger partial charge in [-0.25, -0.2) is 9.07 Å². The number of carbonyl (C=O) groups excluding carboxylic acids is 1. The van der Waals surface area contributed by atoms with E-state index in [1.165, 1.54) is 6.07 Å². The second-order valence-corrected chi connectivity index (χ2v) is 9.49. The Balaban J connectivity index is 1.41. The molecule has 6 nitrogen and oxygen atoms in total. The van der Waals surface area contributed by atoms with Gasteiger partial charge in [0.25, 0.3) is 5.91 Å². The first-order chi connectivity index (χ1) is 16.9. The highest BCUT2D eigenvalue weighted by atomic mass is 19.1. The molecule has 2 N–H and O–H groups in total. The Morgan fingerprint density at radius 1 is 1.11 bits per heavy atom. The molecule has 0 spiro atoms. The molecule has 1 aliphatic rings. The zero-order valence-corrected chi connectivity index (χ0v) is 20.3. The van der Waals surface area contributed by atoms with Gasteiger partial charge in [0, 0.05) is 35.8 Å². The third-order valence-electron chi connectivity index (χ3n) is 6.40. The Labute approximate surface area is 204 Å². The highest BCUT2D eigenvalue weighted by Crippen LogP contribution is 2.31. The summed E-state index contributed by atoms with van der Waals surface area (Å²) in [4.78, 5) is 14.7. The Kier molecular flexibility index (Phi) is 6.26. The number of likely N-dealkylation sites (N-methyl/N-ethyl adjacent to an activating group) is 1. The van der Waals surface area contributed by atoms with Crippen molar-refractivity contribution in [2.24, 2.45) is 0 Å². The Morgan fingerprint density at radius 2 is 1.89 bits per heavy atom. The van der Waals surface area contributed by atoms with Crippen molar-refractivity contribution in [3.8, 4) is 16.8 Å². The summed E-state index contributed by atoms with van der Waals surface area (Å²) in [6, 6.07) is 17.5. The molecule has 0 unspecified atom stereocenters. The fourth-order valence-electron chi connectivity index (χ4n) is 4.16. The third kappa shape index (κ3) is 5.05. The molecule has 0 radical (unpaired) electrons. The maximum atomic E-state index is 14.7. The molecular formula is C28H30FN5O. The van der Waals surface area contributed by atoms with Gasteiger partial charge < -0.3 is 15.5 Å². The summed E-state index contributed by atoms with van der Waals surface area (Å²) in [5.74, 6) is -0.597. The lowest BCUT2D eigenvalue weighted by Gasteiger charge is -2.12. The second-order valence-electron chi connectivity index (χ2n) is 9.49. The van der Waals surface area contributed by atoms with Gasteiger partial charge >= 0.3 is 0 Å². The van der Waals surface area contributed by atoms with Crippen molar-refractivity contribution in [1.29, 1.82) is 0 Å². The molecule has 4 aromatic rings. The number of fused-ring (bicyclic) bond motifs is 1. The fourth-order valence-corrected chi connectivity index (χ4v) is 4.16. The van der Waals surface area contributed by atoms with E-state index in [2.05, 4.69) is 46.9 Å². The van der Waals surface area contributed by atoms with Crippen molar-refractivity contribution in [3.63, 3.8) is 0 Å². The van der Waals surface area contributed by atoms with Gasteiger partial charge in [-0.15, -0.1) is 0 Å². The monoisotopic (exact) mass is 471 g/mol. The van der Waals surface area contributed by atoms with Crippen LogP contribution in [0.5, 0.6) is 0 Å². The van der Waals surface area contributed by atoms with Crippen LogP contribution in [0, 0.1) is 12.7 Å². The van der Waals surface area contributed by atoms with Crippen LogP contribution in [-0.2, 0) is 0 Å². The Bertz CT molecular complexity index is 1370. The fraction of sp³-hybridized carbons (Fsp3) is 0.286. The molecule has 35 heavy (non-hydrogen) atoms. The van der Waals surface area contributed by atoms with E-state index >= 15 is 0 Å². The maximum Gasteiger partial charge on any atom is 0.251 e. The van der Waals surface area contributed by atoms with Gasteiger partial charge in [0.1, 0.15) is 5.82 Å². The summed E-state index contributed by atoms with van der Waals surface area (Å²) in [5, 5.41) is 11.9. The molecular weight excluding hydrogens is 441 g/mol. The molecule has 1 fully saturated rings. The number of anilines is 1. The second kappa shape index (κ2) is 9.50. The number of nitrogens with one attached hydrogen (secondary N) is 2. The van der Waals surface area contributed by atoms with Crippen molar-refractivity contribution in [1.82, 2.24) is 20.0 Å². The van der Waals surface area contributed by atoms with E-state index in [1.807, 2.05) is 41.2 Å². The SMILES string of the molecule is Cc1c(F)cc(C(=O)NC2CC2)cc1-c1ccc2c(cnn2-c2ccc(NCCN(C)C)cc2)c1. The van der Waals surface area contributed by atoms with Gasteiger partial charge in [0.05, 0.1) is 17.4 Å². The van der Waals surface area contributed by atoms with Crippen molar-refractivity contribution in [2.75, 3.05) is 32.5 Å². The van der Waals surface area contributed by atoms with Crippen molar-refractivity contribution in [2.45, 2.75) is 25.8 Å². The number of rotatable bonds is 8.